The fraction of sp³-hybridized carbons (Fsp3) is 0.450. The predicted molar refractivity (Wildman–Crippen MR) is 101 cm³/mol. The summed E-state index contributed by atoms with van der Waals surface area (Å²) in [5.74, 6) is -0.712. The molecule has 27 heavy (non-hydrogen) atoms. The summed E-state index contributed by atoms with van der Waals surface area (Å²) in [7, 11) is -3.29. The average Bonchev–Trinajstić information content (AvgIpc) is 2.58. The van der Waals surface area contributed by atoms with E-state index in [9.17, 15) is 22.3 Å². The lowest BCUT2D eigenvalue weighted by molar-refractivity contribution is 0.0104. The summed E-state index contributed by atoms with van der Waals surface area (Å²) in [4.78, 5) is 3.77. The number of sulfone groups is 1. The lowest BCUT2D eigenvalue weighted by Gasteiger charge is -2.31. The normalized spacial score (nSPS) is 22.7. The van der Waals surface area contributed by atoms with Gasteiger partial charge in [0.25, 0.3) is 0 Å². The van der Waals surface area contributed by atoms with Crippen LogP contribution < -0.4 is 0 Å². The molecule has 1 saturated carbocycles. The maximum absolute atomic E-state index is 13.4. The first-order chi connectivity index (χ1) is 12.5. The fourth-order valence-electron chi connectivity index (χ4n) is 2.87. The quantitative estimate of drug-likeness (QED) is 0.817. The molecule has 1 aromatic heterocycles. The number of hydrogen-bond donors (Lipinski definition) is 1. The molecule has 1 heterocycles. The average molecular weight is 397 g/mol. The molecule has 0 unspecified atom stereocenters. The topological polar surface area (TPSA) is 67.3 Å². The standard InChI is InChI=1S/C12H9F2NO2S.C8H16O/c1-18(16,17)10-4-2-8(3-5-10)12-11(14)6-9(13)7-15-12;1-7-3-5-8(2,9)6-4-7/h2-7H,1H3;7,9H,3-6H2,1-2H3. The van der Waals surface area contributed by atoms with E-state index in [1.807, 2.05) is 6.92 Å². The van der Waals surface area contributed by atoms with Crippen LogP contribution in [0.1, 0.15) is 39.5 Å². The van der Waals surface area contributed by atoms with Crippen LogP contribution in [-0.2, 0) is 9.84 Å². The van der Waals surface area contributed by atoms with Crippen molar-refractivity contribution in [1.29, 1.82) is 0 Å². The van der Waals surface area contributed by atoms with Crippen LogP contribution in [-0.4, -0.2) is 30.4 Å². The molecule has 1 aliphatic rings. The van der Waals surface area contributed by atoms with Crippen molar-refractivity contribution in [3.63, 3.8) is 0 Å². The van der Waals surface area contributed by atoms with Gasteiger partial charge in [-0.1, -0.05) is 19.1 Å². The Kier molecular flexibility index (Phi) is 6.70. The van der Waals surface area contributed by atoms with Gasteiger partial charge >= 0.3 is 0 Å². The van der Waals surface area contributed by atoms with Crippen molar-refractivity contribution < 1.29 is 22.3 Å². The highest BCUT2D eigenvalue weighted by Crippen LogP contribution is 2.30. The molecule has 0 spiro atoms. The van der Waals surface area contributed by atoms with Crippen molar-refractivity contribution in [3.05, 3.63) is 48.2 Å². The van der Waals surface area contributed by atoms with Gasteiger partial charge in [0, 0.05) is 17.9 Å². The molecule has 3 rings (SSSR count). The molecular weight excluding hydrogens is 372 g/mol. The van der Waals surface area contributed by atoms with E-state index in [1.165, 1.54) is 37.1 Å². The third-order valence-corrected chi connectivity index (χ3v) is 5.84. The van der Waals surface area contributed by atoms with Gasteiger partial charge in [-0.25, -0.2) is 17.2 Å². The number of pyridine rings is 1. The predicted octanol–water partition coefficient (Wildman–Crippen LogP) is 4.38. The van der Waals surface area contributed by atoms with E-state index in [2.05, 4.69) is 11.9 Å². The van der Waals surface area contributed by atoms with Gasteiger partial charge in [-0.2, -0.15) is 0 Å². The van der Waals surface area contributed by atoms with E-state index in [0.29, 0.717) is 5.56 Å². The SMILES string of the molecule is CC1CCC(C)(O)CC1.CS(=O)(=O)c1ccc(-c2ncc(F)cc2F)cc1. The molecule has 0 amide bonds. The van der Waals surface area contributed by atoms with Crippen LogP contribution in [0.4, 0.5) is 8.78 Å². The zero-order valence-corrected chi connectivity index (χ0v) is 16.6. The lowest BCUT2D eigenvalue weighted by Crippen LogP contribution is -2.29. The van der Waals surface area contributed by atoms with Gasteiger partial charge in [0.2, 0.25) is 0 Å². The largest absolute Gasteiger partial charge is 0.390 e. The second kappa shape index (κ2) is 8.44. The molecule has 1 aromatic carbocycles. The number of benzene rings is 1. The van der Waals surface area contributed by atoms with Gasteiger partial charge in [-0.15, -0.1) is 0 Å². The zero-order chi connectivity index (χ0) is 20.2. The maximum Gasteiger partial charge on any atom is 0.175 e. The minimum absolute atomic E-state index is 0.0172. The molecule has 1 fully saturated rings. The van der Waals surface area contributed by atoms with Crippen LogP contribution in [0.15, 0.2) is 41.4 Å². The highest BCUT2D eigenvalue weighted by molar-refractivity contribution is 7.90. The third kappa shape index (κ3) is 6.36. The number of hydrogen-bond acceptors (Lipinski definition) is 4. The Morgan fingerprint density at radius 3 is 2.15 bits per heavy atom. The Morgan fingerprint density at radius 1 is 1.15 bits per heavy atom. The highest BCUT2D eigenvalue weighted by Gasteiger charge is 2.26. The number of aliphatic hydroxyl groups is 1. The summed E-state index contributed by atoms with van der Waals surface area (Å²) >= 11 is 0. The van der Waals surface area contributed by atoms with Crippen molar-refractivity contribution in [1.82, 2.24) is 4.98 Å². The Labute approximate surface area is 159 Å². The Bertz CT molecular complexity index is 871. The molecule has 0 saturated heterocycles. The van der Waals surface area contributed by atoms with Gasteiger partial charge < -0.3 is 5.11 Å². The summed E-state index contributed by atoms with van der Waals surface area (Å²) in [6.45, 7) is 4.20. The van der Waals surface area contributed by atoms with Gasteiger partial charge in [0.05, 0.1) is 16.7 Å². The number of rotatable bonds is 2. The van der Waals surface area contributed by atoms with Crippen LogP contribution in [0.3, 0.4) is 0 Å². The van der Waals surface area contributed by atoms with E-state index >= 15 is 0 Å². The first-order valence-corrected chi connectivity index (χ1v) is 10.7. The van der Waals surface area contributed by atoms with Crippen LogP contribution in [0.5, 0.6) is 0 Å². The number of aromatic nitrogens is 1. The number of nitrogens with zero attached hydrogens (tertiary/aromatic N) is 1. The van der Waals surface area contributed by atoms with E-state index < -0.39 is 21.5 Å². The first kappa shape index (κ1) is 21.4. The highest BCUT2D eigenvalue weighted by atomic mass is 32.2. The van der Waals surface area contributed by atoms with Crippen molar-refractivity contribution in [2.24, 2.45) is 5.92 Å². The fourth-order valence-corrected chi connectivity index (χ4v) is 3.50. The second-order valence-corrected chi connectivity index (χ2v) is 9.48. The number of halogens is 2. The Balaban J connectivity index is 0.000000244. The molecule has 0 aliphatic heterocycles. The molecule has 1 N–H and O–H groups in total. The van der Waals surface area contributed by atoms with Crippen LogP contribution in [0.25, 0.3) is 11.3 Å². The molecule has 4 nitrogen and oxygen atoms in total. The summed E-state index contributed by atoms with van der Waals surface area (Å²) in [6, 6.07) is 6.30. The molecular formula is C20H25F2NO3S. The second-order valence-electron chi connectivity index (χ2n) is 7.46. The van der Waals surface area contributed by atoms with Crippen molar-refractivity contribution in [3.8, 4) is 11.3 Å². The van der Waals surface area contributed by atoms with Crippen molar-refractivity contribution in [2.45, 2.75) is 50.0 Å². The monoisotopic (exact) mass is 397 g/mol. The van der Waals surface area contributed by atoms with Crippen LogP contribution in [0.2, 0.25) is 0 Å². The summed E-state index contributed by atoms with van der Waals surface area (Å²) in [6.07, 6.45) is 6.38. The third-order valence-electron chi connectivity index (χ3n) is 4.72. The van der Waals surface area contributed by atoms with E-state index in [0.717, 1.165) is 37.3 Å². The van der Waals surface area contributed by atoms with E-state index in [4.69, 9.17) is 0 Å². The maximum atomic E-state index is 13.4. The van der Waals surface area contributed by atoms with E-state index in [-0.39, 0.29) is 16.2 Å². The van der Waals surface area contributed by atoms with Gasteiger partial charge in [0.1, 0.15) is 11.5 Å². The zero-order valence-electron chi connectivity index (χ0n) is 15.7. The van der Waals surface area contributed by atoms with Gasteiger partial charge in [-0.05, 0) is 50.7 Å². The Morgan fingerprint density at radius 2 is 1.70 bits per heavy atom. The minimum atomic E-state index is -3.29. The van der Waals surface area contributed by atoms with Crippen molar-refractivity contribution >= 4 is 9.84 Å². The minimum Gasteiger partial charge on any atom is -0.390 e. The van der Waals surface area contributed by atoms with Crippen LogP contribution in [0, 0.1) is 17.6 Å². The Hall–Kier alpha value is -1.86. The molecule has 1 aliphatic carbocycles. The molecule has 0 bridgehead atoms. The van der Waals surface area contributed by atoms with Gasteiger partial charge in [0.15, 0.2) is 15.7 Å². The first-order valence-electron chi connectivity index (χ1n) is 8.82. The van der Waals surface area contributed by atoms with Crippen LogP contribution >= 0.6 is 0 Å². The summed E-state index contributed by atoms with van der Waals surface area (Å²) in [5.41, 5.74) is 0.0309. The summed E-state index contributed by atoms with van der Waals surface area (Å²) in [5, 5.41) is 9.49. The van der Waals surface area contributed by atoms with Crippen molar-refractivity contribution in [2.75, 3.05) is 6.26 Å². The smallest absolute Gasteiger partial charge is 0.175 e. The summed E-state index contributed by atoms with van der Waals surface area (Å²) < 4.78 is 48.7. The van der Waals surface area contributed by atoms with E-state index in [1.54, 1.807) is 0 Å². The lowest BCUT2D eigenvalue weighted by atomic mass is 9.81. The van der Waals surface area contributed by atoms with Gasteiger partial charge in [-0.3, -0.25) is 4.98 Å². The molecule has 7 heteroatoms. The molecule has 0 radical (unpaired) electrons. The molecule has 2 aromatic rings. The molecule has 148 valence electrons. The molecule has 0 atom stereocenters.